The maximum Gasteiger partial charge on any atom is 0.176 e. The van der Waals surface area contributed by atoms with Crippen LogP contribution in [-0.4, -0.2) is 41.4 Å². The summed E-state index contributed by atoms with van der Waals surface area (Å²) in [6.45, 7) is 10.3. The molecule has 1 aliphatic carbocycles. The van der Waals surface area contributed by atoms with E-state index in [0.29, 0.717) is 29.6 Å². The Balaban J connectivity index is 1.56. The molecule has 3 rings (SSSR count). The van der Waals surface area contributed by atoms with Gasteiger partial charge in [-0.25, -0.2) is 4.39 Å². The van der Waals surface area contributed by atoms with Crippen molar-refractivity contribution in [2.45, 2.75) is 110 Å². The smallest absolute Gasteiger partial charge is 0.176 e. The summed E-state index contributed by atoms with van der Waals surface area (Å²) in [7, 11) is 0. The van der Waals surface area contributed by atoms with Crippen LogP contribution in [0, 0.1) is 17.2 Å². The second-order valence-electron chi connectivity index (χ2n) is 12.4. The fourth-order valence-corrected chi connectivity index (χ4v) is 6.54. The van der Waals surface area contributed by atoms with Gasteiger partial charge in [-0.15, -0.1) is 0 Å². The molecule has 2 aromatic carbocycles. The summed E-state index contributed by atoms with van der Waals surface area (Å²) in [5, 5.41) is 29.4. The Morgan fingerprint density at radius 1 is 1.00 bits per heavy atom. The van der Waals surface area contributed by atoms with E-state index in [-0.39, 0.29) is 19.0 Å². The Bertz CT molecular complexity index is 1080. The third-order valence-electron chi connectivity index (χ3n) is 9.23. The lowest BCUT2D eigenvalue weighted by Gasteiger charge is -2.29. The average molecular weight is 569 g/mol. The Hall–Kier alpha value is -2.05. The molecule has 1 fully saturated rings. The number of aliphatic hydroxyl groups is 3. The molecule has 0 bridgehead atoms. The molecule has 3 N–H and O–H groups in total. The number of hydrogen-bond donors (Lipinski definition) is 3. The highest BCUT2D eigenvalue weighted by Crippen LogP contribution is 2.39. The second kappa shape index (κ2) is 16.6. The molecule has 1 saturated carbocycles. The van der Waals surface area contributed by atoms with E-state index in [4.69, 9.17) is 4.74 Å². The molecular weight excluding hydrogens is 515 g/mol. The Kier molecular flexibility index (Phi) is 13.5. The van der Waals surface area contributed by atoms with E-state index in [9.17, 15) is 15.3 Å². The Morgan fingerprint density at radius 3 is 2.32 bits per heavy atom. The summed E-state index contributed by atoms with van der Waals surface area (Å²) >= 11 is 0. The SMILES string of the molecule is C=C(C)C(O)OCCCC1CCC(c2ccc(-c3ccc(CCCC(CO)(CO)CCC)cc3CC)c(F)c2)CC1. The van der Waals surface area contributed by atoms with Crippen LogP contribution in [0.3, 0.4) is 0 Å². The third kappa shape index (κ3) is 9.47. The number of benzene rings is 2. The Morgan fingerprint density at radius 2 is 1.71 bits per heavy atom. The van der Waals surface area contributed by atoms with Crippen molar-refractivity contribution in [1.29, 1.82) is 0 Å². The number of hydrogen-bond acceptors (Lipinski definition) is 4. The fraction of sp³-hybridized carbons (Fsp3) is 0.611. The fourth-order valence-electron chi connectivity index (χ4n) is 6.54. The van der Waals surface area contributed by atoms with Crippen molar-refractivity contribution in [1.82, 2.24) is 0 Å². The van der Waals surface area contributed by atoms with Crippen LogP contribution in [0.25, 0.3) is 11.1 Å². The number of halogens is 1. The summed E-state index contributed by atoms with van der Waals surface area (Å²) in [5.41, 5.74) is 5.36. The first-order valence-corrected chi connectivity index (χ1v) is 15.8. The zero-order valence-electron chi connectivity index (χ0n) is 25.6. The first-order chi connectivity index (χ1) is 19.8. The summed E-state index contributed by atoms with van der Waals surface area (Å²) < 4.78 is 20.9. The lowest BCUT2D eigenvalue weighted by molar-refractivity contribution is -0.0735. The van der Waals surface area contributed by atoms with E-state index in [2.05, 4.69) is 44.7 Å². The lowest BCUT2D eigenvalue weighted by atomic mass is 9.77. The molecule has 0 saturated heterocycles. The molecule has 5 heteroatoms. The molecule has 0 radical (unpaired) electrons. The molecule has 0 heterocycles. The van der Waals surface area contributed by atoms with Gasteiger partial charge in [0.25, 0.3) is 0 Å². The summed E-state index contributed by atoms with van der Waals surface area (Å²) in [4.78, 5) is 0. The van der Waals surface area contributed by atoms with Crippen molar-refractivity contribution in [3.05, 3.63) is 71.1 Å². The first-order valence-electron chi connectivity index (χ1n) is 15.8. The monoisotopic (exact) mass is 568 g/mol. The molecule has 1 aliphatic rings. The largest absolute Gasteiger partial charge is 0.396 e. The predicted octanol–water partition coefficient (Wildman–Crippen LogP) is 8.11. The van der Waals surface area contributed by atoms with Crippen molar-refractivity contribution in [3.8, 4) is 11.1 Å². The van der Waals surface area contributed by atoms with Crippen molar-refractivity contribution >= 4 is 0 Å². The third-order valence-corrected chi connectivity index (χ3v) is 9.23. The minimum absolute atomic E-state index is 0.0184. The summed E-state index contributed by atoms with van der Waals surface area (Å²) in [6.07, 6.45) is 10.8. The van der Waals surface area contributed by atoms with E-state index in [0.717, 1.165) is 93.7 Å². The molecular formula is C36H53FO4. The van der Waals surface area contributed by atoms with Crippen molar-refractivity contribution in [2.24, 2.45) is 11.3 Å². The molecule has 228 valence electrons. The van der Waals surface area contributed by atoms with E-state index >= 15 is 4.39 Å². The van der Waals surface area contributed by atoms with Gasteiger partial charge in [0.05, 0.1) is 19.8 Å². The van der Waals surface area contributed by atoms with Crippen LogP contribution in [0.1, 0.15) is 108 Å². The van der Waals surface area contributed by atoms with Gasteiger partial charge in [0.2, 0.25) is 0 Å². The molecule has 1 atom stereocenters. The van der Waals surface area contributed by atoms with Gasteiger partial charge in [0, 0.05) is 11.0 Å². The van der Waals surface area contributed by atoms with E-state index in [1.165, 1.54) is 5.56 Å². The molecule has 0 aliphatic heterocycles. The van der Waals surface area contributed by atoms with Gasteiger partial charge < -0.3 is 20.1 Å². The second-order valence-corrected chi connectivity index (χ2v) is 12.4. The maximum atomic E-state index is 15.5. The standard InChI is InChI=1S/C36H53FO4/c1-5-19-36(24-38,25-39)20-7-9-28-13-17-32(29(6-2)22-28)33-18-16-31(23-34(33)37)30-14-11-27(12-15-30)10-8-21-41-35(40)26(3)4/h13,16-18,22-23,27,30,35,38-40H,3,5-12,14-15,19-21,24-25H2,1-2,4H3. The van der Waals surface area contributed by atoms with Crippen molar-refractivity contribution < 1.29 is 24.4 Å². The van der Waals surface area contributed by atoms with Gasteiger partial charge in [-0.05, 0) is 123 Å². The number of aryl methyl sites for hydroxylation is 2. The zero-order chi connectivity index (χ0) is 29.8. The average Bonchev–Trinajstić information content (AvgIpc) is 2.99. The normalized spacial score (nSPS) is 18.4. The molecule has 4 nitrogen and oxygen atoms in total. The molecule has 1 unspecified atom stereocenters. The molecule has 41 heavy (non-hydrogen) atoms. The number of rotatable bonds is 17. The molecule has 0 amide bonds. The van der Waals surface area contributed by atoms with Gasteiger partial charge in [-0.1, -0.05) is 57.2 Å². The lowest BCUT2D eigenvalue weighted by Crippen LogP contribution is -2.29. The highest BCUT2D eigenvalue weighted by Gasteiger charge is 2.27. The van der Waals surface area contributed by atoms with Crippen LogP contribution >= 0.6 is 0 Å². The minimum Gasteiger partial charge on any atom is -0.396 e. The van der Waals surface area contributed by atoms with E-state index in [1.807, 2.05) is 6.07 Å². The molecule has 2 aromatic rings. The predicted molar refractivity (Wildman–Crippen MR) is 166 cm³/mol. The van der Waals surface area contributed by atoms with Crippen LogP contribution in [0.4, 0.5) is 4.39 Å². The van der Waals surface area contributed by atoms with Crippen LogP contribution in [0.5, 0.6) is 0 Å². The highest BCUT2D eigenvalue weighted by molar-refractivity contribution is 5.69. The van der Waals surface area contributed by atoms with Crippen molar-refractivity contribution in [3.63, 3.8) is 0 Å². The van der Waals surface area contributed by atoms with Crippen LogP contribution in [0.2, 0.25) is 0 Å². The zero-order valence-corrected chi connectivity index (χ0v) is 25.6. The van der Waals surface area contributed by atoms with Gasteiger partial charge in [-0.2, -0.15) is 0 Å². The van der Waals surface area contributed by atoms with Crippen molar-refractivity contribution in [2.75, 3.05) is 19.8 Å². The summed E-state index contributed by atoms with van der Waals surface area (Å²) in [6, 6.07) is 12.2. The quantitative estimate of drug-likeness (QED) is 0.102. The number of aliphatic hydroxyl groups excluding tert-OH is 3. The minimum atomic E-state index is -0.865. The van der Waals surface area contributed by atoms with Crippen LogP contribution in [-0.2, 0) is 17.6 Å². The highest BCUT2D eigenvalue weighted by atomic mass is 19.1. The van der Waals surface area contributed by atoms with Crippen LogP contribution in [0.15, 0.2) is 48.6 Å². The molecule has 0 spiro atoms. The van der Waals surface area contributed by atoms with E-state index in [1.54, 1.807) is 13.0 Å². The van der Waals surface area contributed by atoms with E-state index < -0.39 is 11.7 Å². The van der Waals surface area contributed by atoms with Crippen LogP contribution < -0.4 is 0 Å². The summed E-state index contributed by atoms with van der Waals surface area (Å²) in [5.74, 6) is 0.930. The van der Waals surface area contributed by atoms with Gasteiger partial charge in [0.15, 0.2) is 6.29 Å². The molecule has 0 aromatic heterocycles. The van der Waals surface area contributed by atoms with Gasteiger partial charge in [0.1, 0.15) is 5.82 Å². The number of ether oxygens (including phenoxy) is 1. The van der Waals surface area contributed by atoms with Gasteiger partial charge in [-0.3, -0.25) is 0 Å². The Labute approximate surface area is 247 Å². The first kappa shape index (κ1) is 33.5. The van der Waals surface area contributed by atoms with Gasteiger partial charge >= 0.3 is 0 Å². The topological polar surface area (TPSA) is 69.9 Å². The maximum absolute atomic E-state index is 15.5.